The van der Waals surface area contributed by atoms with Crippen LogP contribution < -0.4 is 0 Å². The molecule has 122 heavy (non-hydrogen) atoms. The molecule has 2 aromatic carbocycles. The fourth-order valence-corrected chi connectivity index (χ4v) is 32.1. The second-order valence-electron chi connectivity index (χ2n) is 47.6. The number of benzene rings is 2. The zero-order chi connectivity index (χ0) is 83.3. The molecule has 41 atom stereocenters. The lowest BCUT2D eigenvalue weighted by Crippen LogP contribution is -2.25. The first-order valence-electron chi connectivity index (χ1n) is 53.5. The maximum Gasteiger partial charge on any atom is -0.0194 e. The second kappa shape index (κ2) is 40.8. The maximum atomic E-state index is 2.53. The van der Waals surface area contributed by atoms with Crippen LogP contribution in [0, 0.1) is 243 Å². The number of hydrogen-bond donors (Lipinski definition) is 0. The van der Waals surface area contributed by atoms with E-state index in [1.54, 1.807) is 19.3 Å². The van der Waals surface area contributed by atoms with Crippen molar-refractivity contribution in [3.05, 3.63) is 230 Å². The van der Waals surface area contributed by atoms with Gasteiger partial charge in [-0.25, -0.2) is 0 Å². The van der Waals surface area contributed by atoms with E-state index >= 15 is 0 Å². The smallest absolute Gasteiger partial charge is 0.0194 e. The molecule has 0 saturated heterocycles. The van der Waals surface area contributed by atoms with Crippen molar-refractivity contribution in [2.24, 2.45) is 243 Å². The van der Waals surface area contributed by atoms with Crippen LogP contribution >= 0.6 is 0 Å². The van der Waals surface area contributed by atoms with Gasteiger partial charge < -0.3 is 0 Å². The Morgan fingerprint density at radius 2 is 0.443 bits per heavy atom. The van der Waals surface area contributed by atoms with E-state index in [-0.39, 0.29) is 0 Å². The van der Waals surface area contributed by atoms with Crippen molar-refractivity contribution >= 4 is 0 Å². The molecule has 0 amide bonds. The first kappa shape index (κ1) is 87.7. The summed E-state index contributed by atoms with van der Waals surface area (Å²) in [6.07, 6.45) is 112. The fraction of sp³-hybridized carbons (Fsp3) is 0.689. The number of fused-ring (bicyclic) bond motifs is 33. The standard InChI is InChI=1S/C15H18.C14H16.C12H16.2C9H14.7C8H12.C7H10/c1-2-4-12(5-3-1)6-8-14-10-13-7-9-15(14)11-13;1-2-4-11(5-3-1)8-14-10-12-6-7-13(14)9-12;1-2-8-5-7(1)11-9-3-4-10(6-9)12(8)11;2*1-2-8-5-7-3-4-9(8)6-7;7*1-6-4-7-2-3-8(6)5-7;1-2-7-4-3-6(1)5-7/h1-5,7,9,13-15H,6,8,10-11H2;1-7,12-14H,8-10H2;1-2,7-12H,3-6H2;2*3-4,7-9H,2,5-6H2,1H3;7*2-3,6-8H,4-5H2,1H3;1-2,6-7H,3-5H2. The zero-order valence-corrected chi connectivity index (χ0v) is 78.5. The van der Waals surface area contributed by atoms with Crippen LogP contribution in [0.3, 0.4) is 0 Å². The summed E-state index contributed by atoms with van der Waals surface area (Å²) in [5.41, 5.74) is 3.02. The summed E-state index contributed by atoms with van der Waals surface area (Å²) in [7, 11) is 0. The van der Waals surface area contributed by atoms with Crippen LogP contribution in [0.2, 0.25) is 0 Å². The molecular weight excluding hydrogens is 1470 g/mol. The third-order valence-electron chi connectivity index (χ3n) is 39.3. The minimum Gasteiger partial charge on any atom is -0.0851 e. The Hall–Kier alpha value is -4.94. The average Bonchev–Trinajstić information content (AvgIpc) is 1.56. The molecule has 15 fully saturated rings. The van der Waals surface area contributed by atoms with Gasteiger partial charge in [-0.3, -0.25) is 0 Å². The molecule has 2 aromatic rings. The molecule has 0 N–H and O–H groups in total. The van der Waals surface area contributed by atoms with Gasteiger partial charge in [-0.05, 0) is 459 Å². The topological polar surface area (TPSA) is 0 Å². The second-order valence-corrected chi connectivity index (χ2v) is 47.6. The molecule has 0 radical (unpaired) electrons. The van der Waals surface area contributed by atoms with Gasteiger partial charge in [0.2, 0.25) is 0 Å². The predicted molar refractivity (Wildman–Crippen MR) is 521 cm³/mol. The molecule has 41 unspecified atom stereocenters. The molecule has 28 aliphatic rings. The lowest BCUT2D eigenvalue weighted by atomic mass is 9.73. The Morgan fingerprint density at radius 1 is 0.197 bits per heavy atom. The van der Waals surface area contributed by atoms with Crippen LogP contribution in [0.1, 0.15) is 279 Å². The quantitative estimate of drug-likeness (QED) is 0.191. The van der Waals surface area contributed by atoms with Crippen LogP contribution in [0.15, 0.2) is 219 Å². The third kappa shape index (κ3) is 21.6. The molecule has 28 bridgehead atoms. The van der Waals surface area contributed by atoms with Gasteiger partial charge in [0.05, 0.1) is 0 Å². The van der Waals surface area contributed by atoms with Gasteiger partial charge in [-0.2, -0.15) is 0 Å². The van der Waals surface area contributed by atoms with Crippen molar-refractivity contribution in [1.82, 2.24) is 0 Å². The Morgan fingerprint density at radius 3 is 0.648 bits per heavy atom. The molecule has 0 nitrogen and oxygen atoms in total. The van der Waals surface area contributed by atoms with E-state index < -0.39 is 0 Å². The van der Waals surface area contributed by atoms with Crippen molar-refractivity contribution < 1.29 is 0 Å². The normalized spacial score (nSPS) is 47.1. The van der Waals surface area contributed by atoms with Gasteiger partial charge in [0.1, 0.15) is 0 Å². The highest BCUT2D eigenvalue weighted by molar-refractivity contribution is 5.24. The number of rotatable bonds is 7. The van der Waals surface area contributed by atoms with Crippen LogP contribution in [-0.4, -0.2) is 0 Å². The van der Waals surface area contributed by atoms with Crippen LogP contribution in [0.25, 0.3) is 0 Å². The van der Waals surface area contributed by atoms with Crippen LogP contribution in [0.4, 0.5) is 0 Å². The van der Waals surface area contributed by atoms with Gasteiger partial charge in [-0.1, -0.05) is 294 Å². The van der Waals surface area contributed by atoms with Crippen molar-refractivity contribution in [1.29, 1.82) is 0 Å². The van der Waals surface area contributed by atoms with E-state index in [1.165, 1.54) is 210 Å². The van der Waals surface area contributed by atoms with Gasteiger partial charge in [-0.15, -0.1) is 0 Å². The van der Waals surface area contributed by atoms with E-state index in [4.69, 9.17) is 0 Å². The lowest BCUT2D eigenvalue weighted by molar-refractivity contribution is 0.206. The van der Waals surface area contributed by atoms with Gasteiger partial charge in [0, 0.05) is 0 Å². The van der Waals surface area contributed by atoms with Gasteiger partial charge in [0.15, 0.2) is 0 Å². The molecular formula is C122H172. The molecule has 0 aliphatic heterocycles. The summed E-state index contributed by atoms with van der Waals surface area (Å²) in [5, 5.41) is 0. The molecule has 0 spiro atoms. The summed E-state index contributed by atoms with van der Waals surface area (Å²) >= 11 is 0. The molecule has 28 aliphatic carbocycles. The van der Waals surface area contributed by atoms with Crippen molar-refractivity contribution in [2.75, 3.05) is 0 Å². The zero-order valence-electron chi connectivity index (χ0n) is 78.5. The SMILES string of the molecule is C1=CC2CC1C1C3CCC(C3)C21.C1=CC2CC1CC2CCc1ccccc1.C1=CC2CC1CC2Cc1ccccc1.C1=CC2CCC1C2.CC1CC2C=CC1C2.CC1CC2C=CC1C2.CC1CC2C=CC1C2.CC1CC2C=CC1C2.CC1CC2C=CC1C2.CC1CC2C=CC1C2.CC1CC2C=CC1C2.CCC1CC2C=CC1C2.CCC1CC2C=CC1C2. The van der Waals surface area contributed by atoms with E-state index in [0.717, 1.165) is 243 Å². The predicted octanol–water partition coefficient (Wildman–Crippen LogP) is 32.8. The third-order valence-corrected chi connectivity index (χ3v) is 39.3. The number of aryl methyl sites for hydroxylation is 1. The van der Waals surface area contributed by atoms with Gasteiger partial charge >= 0.3 is 0 Å². The molecule has 15 saturated carbocycles. The monoisotopic (exact) mass is 1640 g/mol. The summed E-state index contributed by atoms with van der Waals surface area (Å²) in [6.45, 7) is 21.2. The Balaban J connectivity index is 0.0000000909. The van der Waals surface area contributed by atoms with E-state index in [1.807, 2.05) is 0 Å². The Labute approximate surface area is 748 Å². The minimum absolute atomic E-state index is 0.889. The van der Waals surface area contributed by atoms with Crippen LogP contribution in [-0.2, 0) is 12.8 Å². The summed E-state index contributed by atoms with van der Waals surface area (Å²) < 4.78 is 0. The molecule has 0 heterocycles. The van der Waals surface area contributed by atoms with Crippen molar-refractivity contribution in [3.63, 3.8) is 0 Å². The Kier molecular flexibility index (Phi) is 29.3. The largest absolute Gasteiger partial charge is 0.0851 e. The van der Waals surface area contributed by atoms with E-state index in [2.05, 4.69) is 281 Å². The Bertz CT molecular complexity index is 3670. The van der Waals surface area contributed by atoms with Gasteiger partial charge in [0.25, 0.3) is 0 Å². The lowest BCUT2D eigenvalue weighted by Gasteiger charge is -2.31. The summed E-state index contributed by atoms with van der Waals surface area (Å²) in [6, 6.07) is 21.8. The number of allylic oxidation sites excluding steroid dienone is 26. The first-order valence-corrected chi connectivity index (χ1v) is 53.5. The molecule has 0 heteroatoms. The first-order chi connectivity index (χ1) is 59.5. The maximum absolute atomic E-state index is 2.53. The average molecular weight is 1640 g/mol. The highest BCUT2D eigenvalue weighted by atomic mass is 14.6. The fourth-order valence-electron chi connectivity index (χ4n) is 32.1. The van der Waals surface area contributed by atoms with Crippen molar-refractivity contribution in [2.45, 2.75) is 281 Å². The molecule has 660 valence electrons. The summed E-state index contributed by atoms with van der Waals surface area (Å²) in [5.74, 6) is 40.6. The van der Waals surface area contributed by atoms with Crippen molar-refractivity contribution in [3.8, 4) is 0 Å². The molecule has 0 aromatic heterocycles. The number of hydrogen-bond acceptors (Lipinski definition) is 0. The highest BCUT2D eigenvalue weighted by Gasteiger charge is 2.58. The van der Waals surface area contributed by atoms with Crippen LogP contribution in [0.5, 0.6) is 0 Å². The summed E-state index contributed by atoms with van der Waals surface area (Å²) in [4.78, 5) is 0. The highest BCUT2D eigenvalue weighted by Crippen LogP contribution is 2.66. The van der Waals surface area contributed by atoms with E-state index in [9.17, 15) is 0 Å². The van der Waals surface area contributed by atoms with E-state index in [0.29, 0.717) is 0 Å². The molecule has 30 rings (SSSR count). The minimum atomic E-state index is 0.889.